The zero-order chi connectivity index (χ0) is 12.8. The fraction of sp³-hybridized carbons (Fsp3) is 0.308. The molecule has 0 saturated heterocycles. The van der Waals surface area contributed by atoms with E-state index in [1.807, 2.05) is 29.6 Å². The van der Waals surface area contributed by atoms with Gasteiger partial charge in [-0.05, 0) is 30.7 Å². The van der Waals surface area contributed by atoms with Gasteiger partial charge in [0.15, 0.2) is 0 Å². The van der Waals surface area contributed by atoms with Gasteiger partial charge in [0.1, 0.15) is 5.75 Å². The van der Waals surface area contributed by atoms with E-state index in [0.717, 1.165) is 34.3 Å². The lowest BCUT2D eigenvalue weighted by molar-refractivity contribution is 0.311. The van der Waals surface area contributed by atoms with E-state index >= 15 is 0 Å². The van der Waals surface area contributed by atoms with Crippen LogP contribution in [0, 0.1) is 0 Å². The van der Waals surface area contributed by atoms with Crippen LogP contribution in [0.1, 0.15) is 17.1 Å². The summed E-state index contributed by atoms with van der Waals surface area (Å²) in [6.07, 6.45) is 1.87. The second-order valence-corrected chi connectivity index (χ2v) is 5.42. The van der Waals surface area contributed by atoms with Crippen molar-refractivity contribution in [2.75, 3.05) is 6.61 Å². The third-order valence-corrected chi connectivity index (χ3v) is 3.84. The fourth-order valence-corrected chi connectivity index (χ4v) is 2.66. The maximum absolute atomic E-state index is 5.80. The summed E-state index contributed by atoms with van der Waals surface area (Å²) in [6, 6.07) is 7.39. The molecule has 0 aliphatic carbocycles. The highest BCUT2D eigenvalue weighted by molar-refractivity contribution is 7.09. The van der Waals surface area contributed by atoms with Crippen LogP contribution in [0.3, 0.4) is 0 Å². The molecule has 0 atom stereocenters. The van der Waals surface area contributed by atoms with Crippen molar-refractivity contribution in [3.05, 3.63) is 45.4 Å². The maximum Gasteiger partial charge on any atom is 0.119 e. The summed E-state index contributed by atoms with van der Waals surface area (Å²) < 4.78 is 5.61. The minimum absolute atomic E-state index is 0.484. The number of nitrogens with zero attached hydrogens (tertiary/aromatic N) is 1. The van der Waals surface area contributed by atoms with E-state index in [0.29, 0.717) is 12.5 Å². The van der Waals surface area contributed by atoms with E-state index in [1.54, 1.807) is 11.3 Å². The average molecular weight is 302 g/mol. The first-order valence-electron chi connectivity index (χ1n) is 5.65. The van der Waals surface area contributed by atoms with Crippen molar-refractivity contribution < 1.29 is 4.74 Å². The smallest absolute Gasteiger partial charge is 0.119 e. The van der Waals surface area contributed by atoms with Crippen LogP contribution in [0.15, 0.2) is 29.6 Å². The molecule has 0 unspecified atom stereocenters. The molecule has 0 fully saturated rings. The Balaban J connectivity index is 1.71. The Morgan fingerprint density at radius 2 is 2.00 bits per heavy atom. The molecule has 1 aromatic heterocycles. The number of alkyl halides is 1. The Morgan fingerprint density at radius 1 is 1.22 bits per heavy atom. The Labute approximate surface area is 121 Å². The second kappa shape index (κ2) is 6.98. The van der Waals surface area contributed by atoms with Gasteiger partial charge in [-0.1, -0.05) is 11.6 Å². The normalized spacial score (nSPS) is 10.6. The van der Waals surface area contributed by atoms with Gasteiger partial charge in [-0.3, -0.25) is 0 Å². The molecule has 0 N–H and O–H groups in total. The van der Waals surface area contributed by atoms with Crippen LogP contribution in [0.25, 0.3) is 0 Å². The van der Waals surface area contributed by atoms with Crippen molar-refractivity contribution in [3.8, 4) is 5.75 Å². The number of benzene rings is 1. The molecule has 0 radical (unpaired) electrons. The van der Waals surface area contributed by atoms with Crippen LogP contribution >= 0.6 is 34.5 Å². The summed E-state index contributed by atoms with van der Waals surface area (Å²) in [5.74, 6) is 1.33. The number of hydrogen-bond donors (Lipinski definition) is 0. The molecule has 0 saturated carbocycles. The van der Waals surface area contributed by atoms with Crippen LogP contribution in [0.2, 0.25) is 5.02 Å². The van der Waals surface area contributed by atoms with Gasteiger partial charge in [-0.15, -0.1) is 22.9 Å². The summed E-state index contributed by atoms with van der Waals surface area (Å²) in [5.41, 5.74) is 0.954. The van der Waals surface area contributed by atoms with Crippen molar-refractivity contribution in [1.29, 1.82) is 0 Å². The van der Waals surface area contributed by atoms with Crippen LogP contribution in [-0.2, 0) is 12.3 Å². The molecule has 2 nitrogen and oxygen atoms in total. The monoisotopic (exact) mass is 301 g/mol. The maximum atomic E-state index is 5.80. The SMILES string of the molecule is ClCc1csc(CCCOc2ccc(Cl)cc2)n1. The van der Waals surface area contributed by atoms with E-state index in [-0.39, 0.29) is 0 Å². The van der Waals surface area contributed by atoms with Gasteiger partial charge in [0.2, 0.25) is 0 Å². The van der Waals surface area contributed by atoms with Crippen molar-refractivity contribution in [2.24, 2.45) is 0 Å². The zero-order valence-electron chi connectivity index (χ0n) is 9.73. The molecule has 1 heterocycles. The first-order valence-corrected chi connectivity index (χ1v) is 7.45. The highest BCUT2D eigenvalue weighted by Crippen LogP contribution is 2.17. The summed E-state index contributed by atoms with van der Waals surface area (Å²) in [6.45, 7) is 0.678. The lowest BCUT2D eigenvalue weighted by Crippen LogP contribution is -1.99. The largest absolute Gasteiger partial charge is 0.494 e. The van der Waals surface area contributed by atoms with Crippen molar-refractivity contribution in [2.45, 2.75) is 18.7 Å². The molecule has 0 spiro atoms. The summed E-state index contributed by atoms with van der Waals surface area (Å²) in [5, 5.41) is 3.84. The number of halogens is 2. The molecule has 0 amide bonds. The number of aryl methyl sites for hydroxylation is 1. The van der Waals surface area contributed by atoms with Crippen molar-refractivity contribution in [1.82, 2.24) is 4.98 Å². The lowest BCUT2D eigenvalue weighted by Gasteiger charge is -2.04. The molecule has 1 aromatic carbocycles. The van der Waals surface area contributed by atoms with Gasteiger partial charge in [-0.2, -0.15) is 0 Å². The standard InChI is InChI=1S/C13H13Cl2NOS/c14-8-11-9-18-13(16-11)2-1-7-17-12-5-3-10(15)4-6-12/h3-6,9H,1-2,7-8H2. The molecule has 96 valence electrons. The van der Waals surface area contributed by atoms with E-state index in [4.69, 9.17) is 27.9 Å². The quantitative estimate of drug-likeness (QED) is 0.577. The first-order chi connectivity index (χ1) is 8.78. The van der Waals surface area contributed by atoms with Gasteiger partial charge in [0.25, 0.3) is 0 Å². The molecule has 5 heteroatoms. The van der Waals surface area contributed by atoms with Crippen molar-refractivity contribution >= 4 is 34.5 Å². The molecule has 2 rings (SSSR count). The van der Waals surface area contributed by atoms with Gasteiger partial charge in [0.05, 0.1) is 23.2 Å². The molecule has 0 aliphatic rings. The van der Waals surface area contributed by atoms with E-state index in [2.05, 4.69) is 4.98 Å². The van der Waals surface area contributed by atoms with Gasteiger partial charge in [-0.25, -0.2) is 4.98 Å². The summed E-state index contributed by atoms with van der Waals surface area (Å²) in [4.78, 5) is 4.40. The minimum Gasteiger partial charge on any atom is -0.494 e. The highest BCUT2D eigenvalue weighted by atomic mass is 35.5. The predicted octanol–water partition coefficient (Wildman–Crippen LogP) is 4.55. The molecular weight excluding hydrogens is 289 g/mol. The Kier molecular flexibility index (Phi) is 5.29. The number of ether oxygens (including phenoxy) is 1. The first kappa shape index (κ1) is 13.7. The van der Waals surface area contributed by atoms with Gasteiger partial charge < -0.3 is 4.74 Å². The number of rotatable bonds is 6. The molecular formula is C13H13Cl2NOS. The minimum atomic E-state index is 0.484. The number of thiazole rings is 1. The van der Waals surface area contributed by atoms with E-state index in [9.17, 15) is 0 Å². The number of hydrogen-bond acceptors (Lipinski definition) is 3. The Bertz CT molecular complexity index is 484. The van der Waals surface area contributed by atoms with Crippen LogP contribution in [-0.4, -0.2) is 11.6 Å². The topological polar surface area (TPSA) is 22.1 Å². The van der Waals surface area contributed by atoms with Gasteiger partial charge >= 0.3 is 0 Å². The molecule has 0 aliphatic heterocycles. The zero-order valence-corrected chi connectivity index (χ0v) is 12.1. The summed E-state index contributed by atoms with van der Waals surface area (Å²) >= 11 is 13.2. The van der Waals surface area contributed by atoms with Crippen LogP contribution < -0.4 is 4.74 Å². The molecule has 0 bridgehead atoms. The number of aromatic nitrogens is 1. The van der Waals surface area contributed by atoms with Crippen LogP contribution in [0.4, 0.5) is 0 Å². The predicted molar refractivity (Wildman–Crippen MR) is 76.9 cm³/mol. The van der Waals surface area contributed by atoms with Crippen LogP contribution in [0.5, 0.6) is 5.75 Å². The van der Waals surface area contributed by atoms with E-state index < -0.39 is 0 Å². The Morgan fingerprint density at radius 3 is 2.67 bits per heavy atom. The fourth-order valence-electron chi connectivity index (χ4n) is 1.47. The molecule has 2 aromatic rings. The lowest BCUT2D eigenvalue weighted by atomic mass is 10.3. The third-order valence-electron chi connectivity index (χ3n) is 2.35. The third kappa shape index (κ3) is 4.16. The second-order valence-electron chi connectivity index (χ2n) is 3.77. The Hall–Kier alpha value is -0.770. The summed E-state index contributed by atoms with van der Waals surface area (Å²) in [7, 11) is 0. The molecule has 18 heavy (non-hydrogen) atoms. The average Bonchev–Trinajstić information content (AvgIpc) is 2.85. The van der Waals surface area contributed by atoms with Gasteiger partial charge in [0, 0.05) is 16.8 Å². The van der Waals surface area contributed by atoms with E-state index in [1.165, 1.54) is 0 Å². The van der Waals surface area contributed by atoms with Crippen molar-refractivity contribution in [3.63, 3.8) is 0 Å². The highest BCUT2D eigenvalue weighted by Gasteiger charge is 2.01.